The van der Waals surface area contributed by atoms with E-state index >= 15 is 0 Å². The third-order valence-corrected chi connectivity index (χ3v) is 4.31. The van der Waals surface area contributed by atoms with Crippen LogP contribution in [0.25, 0.3) is 0 Å². The Balaban J connectivity index is 2.84. The highest BCUT2D eigenvalue weighted by Gasteiger charge is 2.19. The zero-order chi connectivity index (χ0) is 15.2. The average molecular weight is 328 g/mol. The number of halogens is 3. The van der Waals surface area contributed by atoms with Gasteiger partial charge in [0.2, 0.25) is 10.0 Å². The third-order valence-electron chi connectivity index (χ3n) is 2.50. The predicted octanol–water partition coefficient (Wildman–Crippen LogP) is 2.90. The molecule has 0 heterocycles. The molecule has 0 saturated heterocycles. The van der Waals surface area contributed by atoms with Gasteiger partial charge in [0.05, 0.1) is 5.75 Å². The fourth-order valence-corrected chi connectivity index (χ4v) is 3.28. The van der Waals surface area contributed by atoms with Crippen LogP contribution in [0, 0.1) is 0 Å². The van der Waals surface area contributed by atoms with E-state index in [1.807, 2.05) is 0 Å². The molecule has 0 spiro atoms. The van der Waals surface area contributed by atoms with Crippen molar-refractivity contribution >= 4 is 21.6 Å². The highest BCUT2D eigenvalue weighted by Crippen LogP contribution is 2.26. The molecule has 0 bridgehead atoms. The van der Waals surface area contributed by atoms with Gasteiger partial charge in [-0.25, -0.2) is 13.1 Å². The summed E-state index contributed by atoms with van der Waals surface area (Å²) in [6.07, 6.45) is 0.318. The lowest BCUT2D eigenvalue weighted by atomic mass is 10.1. The smallest absolute Gasteiger partial charge is 0.387 e. The largest absolute Gasteiger partial charge is 0.434 e. The molecule has 1 rings (SSSR count). The van der Waals surface area contributed by atoms with Crippen LogP contribution in [-0.4, -0.2) is 26.7 Å². The normalized spacial score (nSPS) is 13.4. The highest BCUT2D eigenvalue weighted by molar-refractivity contribution is 7.89. The van der Waals surface area contributed by atoms with Gasteiger partial charge in [-0.15, -0.1) is 11.6 Å². The predicted molar refractivity (Wildman–Crippen MR) is 73.7 cm³/mol. The van der Waals surface area contributed by atoms with Crippen LogP contribution in [0.4, 0.5) is 8.78 Å². The van der Waals surface area contributed by atoms with Gasteiger partial charge >= 0.3 is 6.61 Å². The van der Waals surface area contributed by atoms with Crippen molar-refractivity contribution in [3.05, 3.63) is 29.8 Å². The average Bonchev–Trinajstić information content (AvgIpc) is 2.35. The maximum absolute atomic E-state index is 12.3. The number of hydrogen-bond acceptors (Lipinski definition) is 3. The molecule has 114 valence electrons. The van der Waals surface area contributed by atoms with E-state index < -0.39 is 22.7 Å². The lowest BCUT2D eigenvalue weighted by Gasteiger charge is -2.18. The first-order valence-electron chi connectivity index (χ1n) is 5.95. The van der Waals surface area contributed by atoms with Gasteiger partial charge in [0.1, 0.15) is 5.75 Å². The van der Waals surface area contributed by atoms with Crippen LogP contribution < -0.4 is 9.46 Å². The van der Waals surface area contributed by atoms with Gasteiger partial charge in [-0.1, -0.05) is 18.2 Å². The molecule has 8 heteroatoms. The van der Waals surface area contributed by atoms with Crippen molar-refractivity contribution in [1.29, 1.82) is 0 Å². The van der Waals surface area contributed by atoms with E-state index in [2.05, 4.69) is 9.46 Å². The fourth-order valence-electron chi connectivity index (χ4n) is 1.68. The number of hydrogen-bond donors (Lipinski definition) is 1. The minimum absolute atomic E-state index is 0.0463. The molecule has 0 aromatic heterocycles. The Bertz CT molecular complexity index is 525. The molecule has 1 N–H and O–H groups in total. The summed E-state index contributed by atoms with van der Waals surface area (Å²) < 4.78 is 54.9. The van der Waals surface area contributed by atoms with Crippen molar-refractivity contribution in [2.45, 2.75) is 26.0 Å². The number of sulfonamides is 1. The van der Waals surface area contributed by atoms with Crippen LogP contribution in [0.2, 0.25) is 0 Å². The maximum atomic E-state index is 12.3. The van der Waals surface area contributed by atoms with Gasteiger partial charge in [-0.05, 0) is 19.4 Å². The summed E-state index contributed by atoms with van der Waals surface area (Å²) in [6.45, 7) is -1.40. The second-order valence-electron chi connectivity index (χ2n) is 4.12. The molecule has 0 aliphatic heterocycles. The van der Waals surface area contributed by atoms with E-state index in [0.717, 1.165) is 0 Å². The Morgan fingerprint density at radius 2 is 2.00 bits per heavy atom. The van der Waals surface area contributed by atoms with Gasteiger partial charge in [0, 0.05) is 17.5 Å². The number of benzene rings is 1. The minimum atomic E-state index is -3.51. The molecule has 4 nitrogen and oxygen atoms in total. The van der Waals surface area contributed by atoms with E-state index in [4.69, 9.17) is 11.6 Å². The summed E-state index contributed by atoms with van der Waals surface area (Å²) in [5.41, 5.74) is 0.349. The third kappa shape index (κ3) is 5.60. The van der Waals surface area contributed by atoms with Crippen LogP contribution in [0.15, 0.2) is 24.3 Å². The quantitative estimate of drug-likeness (QED) is 0.747. The lowest BCUT2D eigenvalue weighted by molar-refractivity contribution is -0.0506. The van der Waals surface area contributed by atoms with Crippen LogP contribution >= 0.6 is 11.6 Å². The minimum Gasteiger partial charge on any atom is -0.434 e. The van der Waals surface area contributed by atoms with Gasteiger partial charge in [-0.2, -0.15) is 8.78 Å². The molecule has 0 aliphatic carbocycles. The summed E-state index contributed by atoms with van der Waals surface area (Å²) in [7, 11) is -3.51. The molecule has 1 atom stereocenters. The van der Waals surface area contributed by atoms with Crippen LogP contribution in [-0.2, 0) is 10.0 Å². The van der Waals surface area contributed by atoms with Gasteiger partial charge in [-0.3, -0.25) is 0 Å². The topological polar surface area (TPSA) is 55.4 Å². The highest BCUT2D eigenvalue weighted by atomic mass is 35.5. The fraction of sp³-hybridized carbons (Fsp3) is 0.500. The summed E-state index contributed by atoms with van der Waals surface area (Å²) >= 11 is 5.45. The molecule has 0 saturated carbocycles. The molecule has 0 aliphatic rings. The maximum Gasteiger partial charge on any atom is 0.387 e. The molecule has 20 heavy (non-hydrogen) atoms. The van der Waals surface area contributed by atoms with E-state index in [-0.39, 0.29) is 17.4 Å². The SMILES string of the molecule is CC(NS(=O)(=O)CCCCl)c1ccccc1OC(F)F. The number of para-hydroxylation sites is 1. The molecule has 0 radical (unpaired) electrons. The Labute approximate surface area is 122 Å². The van der Waals surface area contributed by atoms with Crippen LogP contribution in [0.3, 0.4) is 0 Å². The molecule has 1 aromatic carbocycles. The zero-order valence-corrected chi connectivity index (χ0v) is 12.4. The van der Waals surface area contributed by atoms with Gasteiger partial charge in [0.25, 0.3) is 0 Å². The Morgan fingerprint density at radius 1 is 1.35 bits per heavy atom. The first kappa shape index (κ1) is 17.1. The Morgan fingerprint density at radius 3 is 2.60 bits per heavy atom. The molecule has 0 fully saturated rings. The van der Waals surface area contributed by atoms with Crippen molar-refractivity contribution in [3.8, 4) is 5.75 Å². The number of ether oxygens (including phenoxy) is 1. The molecule has 1 aromatic rings. The zero-order valence-electron chi connectivity index (χ0n) is 10.9. The molecule has 0 amide bonds. The first-order valence-corrected chi connectivity index (χ1v) is 8.14. The lowest BCUT2D eigenvalue weighted by Crippen LogP contribution is -2.29. The second kappa shape index (κ2) is 7.75. The molecule has 1 unspecified atom stereocenters. The standard InChI is InChI=1S/C12H16ClF2NO3S/c1-9(16-20(17,18)8-4-7-13)10-5-2-3-6-11(10)19-12(14)15/h2-3,5-6,9,12,16H,4,7-8H2,1H3. The van der Waals surface area contributed by atoms with Crippen molar-refractivity contribution in [1.82, 2.24) is 4.72 Å². The summed E-state index contributed by atoms with van der Waals surface area (Å²) in [5, 5.41) is 0. The van der Waals surface area contributed by atoms with E-state index in [1.54, 1.807) is 13.0 Å². The second-order valence-corrected chi connectivity index (χ2v) is 6.37. The summed E-state index contributed by atoms with van der Waals surface area (Å²) in [4.78, 5) is 0. The Hall–Kier alpha value is -0.920. The molecular formula is C12H16ClF2NO3S. The van der Waals surface area contributed by atoms with Crippen molar-refractivity contribution in [2.75, 3.05) is 11.6 Å². The molecular weight excluding hydrogens is 312 g/mol. The van der Waals surface area contributed by atoms with Crippen LogP contribution in [0.5, 0.6) is 5.75 Å². The monoisotopic (exact) mass is 327 g/mol. The summed E-state index contributed by atoms with van der Waals surface area (Å²) in [5.74, 6) is 0.0778. The van der Waals surface area contributed by atoms with Crippen molar-refractivity contribution in [2.24, 2.45) is 0 Å². The van der Waals surface area contributed by atoms with E-state index in [9.17, 15) is 17.2 Å². The van der Waals surface area contributed by atoms with E-state index in [0.29, 0.717) is 12.0 Å². The Kier molecular flexibility index (Phi) is 6.64. The number of nitrogens with one attached hydrogen (secondary N) is 1. The van der Waals surface area contributed by atoms with Gasteiger partial charge in [0.15, 0.2) is 0 Å². The number of alkyl halides is 3. The van der Waals surface area contributed by atoms with E-state index in [1.165, 1.54) is 18.2 Å². The van der Waals surface area contributed by atoms with Crippen molar-refractivity contribution in [3.63, 3.8) is 0 Å². The van der Waals surface area contributed by atoms with Crippen LogP contribution in [0.1, 0.15) is 24.9 Å². The first-order chi connectivity index (χ1) is 9.35. The number of rotatable bonds is 8. The van der Waals surface area contributed by atoms with Crippen molar-refractivity contribution < 1.29 is 21.9 Å². The summed E-state index contributed by atoms with van der Waals surface area (Å²) in [6, 6.07) is 5.38. The van der Waals surface area contributed by atoms with Gasteiger partial charge < -0.3 is 4.74 Å².